The van der Waals surface area contributed by atoms with Crippen molar-refractivity contribution in [2.45, 2.75) is 65.2 Å². The summed E-state index contributed by atoms with van der Waals surface area (Å²) in [5.41, 5.74) is 0. The topological polar surface area (TPSA) is 30.5 Å². The van der Waals surface area contributed by atoms with Gasteiger partial charge in [0.05, 0.1) is 0 Å². The molecule has 2 unspecified atom stereocenters. The fourth-order valence-corrected chi connectivity index (χ4v) is 2.65. The van der Waals surface area contributed by atoms with E-state index in [0.717, 1.165) is 12.5 Å². The zero-order chi connectivity index (χ0) is 12.5. The molecule has 0 amide bonds. The lowest BCUT2D eigenvalue weighted by atomic mass is 9.84. The summed E-state index contributed by atoms with van der Waals surface area (Å²) in [6.45, 7) is 8.59. The van der Waals surface area contributed by atoms with Crippen LogP contribution >= 0.6 is 0 Å². The van der Waals surface area contributed by atoms with Crippen LogP contribution in [0.1, 0.15) is 52.9 Å². The highest BCUT2D eigenvalue weighted by Crippen LogP contribution is 2.26. The molecule has 0 aromatic heterocycles. The molecule has 2 atom stereocenters. The molecule has 0 saturated heterocycles. The third-order valence-electron chi connectivity index (χ3n) is 3.64. The Labute approximate surface area is 106 Å². The first-order valence-corrected chi connectivity index (χ1v) is 7.26. The number of hydrogen-bond donors (Lipinski definition) is 1. The van der Waals surface area contributed by atoms with Crippen molar-refractivity contribution in [1.29, 1.82) is 0 Å². The summed E-state index contributed by atoms with van der Waals surface area (Å²) in [6, 6.07) is 0.664. The molecule has 0 aromatic carbocycles. The predicted octanol–water partition coefficient (Wildman–Crippen LogP) is 2.94. The molecule has 0 heterocycles. The molecule has 3 nitrogen and oxygen atoms in total. The summed E-state index contributed by atoms with van der Waals surface area (Å²) in [5.74, 6) is 0.916. The second kappa shape index (κ2) is 8.90. The van der Waals surface area contributed by atoms with Crippen LogP contribution in [0, 0.1) is 5.92 Å². The van der Waals surface area contributed by atoms with Gasteiger partial charge in [-0.1, -0.05) is 26.2 Å². The third-order valence-corrected chi connectivity index (χ3v) is 3.64. The minimum absolute atomic E-state index is 0.0768. The fraction of sp³-hybridized carbons (Fsp3) is 1.00. The van der Waals surface area contributed by atoms with E-state index in [4.69, 9.17) is 9.47 Å². The zero-order valence-corrected chi connectivity index (χ0v) is 11.7. The molecule has 17 heavy (non-hydrogen) atoms. The standard InChI is InChI=1S/C14H29NO2/c1-4-12-8-7-9-13(10-12)15-11-14(16-5-2)17-6-3/h12-15H,4-11H2,1-3H3. The Morgan fingerprint density at radius 2 is 1.82 bits per heavy atom. The molecule has 0 radical (unpaired) electrons. The van der Waals surface area contributed by atoms with Gasteiger partial charge < -0.3 is 14.8 Å². The minimum atomic E-state index is -0.0768. The Morgan fingerprint density at radius 3 is 2.41 bits per heavy atom. The molecular formula is C14H29NO2. The number of nitrogens with one attached hydrogen (secondary N) is 1. The number of rotatable bonds is 8. The molecule has 1 saturated carbocycles. The van der Waals surface area contributed by atoms with Gasteiger partial charge in [0, 0.05) is 25.8 Å². The SMILES string of the molecule is CCOC(CNC1CCCC(CC)C1)OCC. The predicted molar refractivity (Wildman–Crippen MR) is 71.1 cm³/mol. The van der Waals surface area contributed by atoms with Gasteiger partial charge in [-0.25, -0.2) is 0 Å². The lowest BCUT2D eigenvalue weighted by Crippen LogP contribution is -2.40. The first kappa shape index (κ1) is 14.9. The molecular weight excluding hydrogens is 214 g/mol. The third kappa shape index (κ3) is 5.84. The van der Waals surface area contributed by atoms with E-state index >= 15 is 0 Å². The van der Waals surface area contributed by atoms with Crippen LogP contribution in [0.25, 0.3) is 0 Å². The van der Waals surface area contributed by atoms with Gasteiger partial charge in [-0.3, -0.25) is 0 Å². The van der Waals surface area contributed by atoms with Crippen LogP contribution in [0.2, 0.25) is 0 Å². The number of ether oxygens (including phenoxy) is 2. The van der Waals surface area contributed by atoms with Crippen LogP contribution in [0.15, 0.2) is 0 Å². The molecule has 0 bridgehead atoms. The molecule has 3 heteroatoms. The van der Waals surface area contributed by atoms with E-state index in [0.29, 0.717) is 19.3 Å². The van der Waals surface area contributed by atoms with E-state index in [1.807, 2.05) is 13.8 Å². The van der Waals surface area contributed by atoms with E-state index in [1.54, 1.807) is 0 Å². The highest BCUT2D eigenvalue weighted by Gasteiger charge is 2.21. The molecule has 102 valence electrons. The summed E-state index contributed by atoms with van der Waals surface area (Å²) < 4.78 is 11.1. The van der Waals surface area contributed by atoms with Gasteiger partial charge in [-0.15, -0.1) is 0 Å². The zero-order valence-electron chi connectivity index (χ0n) is 11.7. The van der Waals surface area contributed by atoms with E-state index in [2.05, 4.69) is 12.2 Å². The molecule has 1 rings (SSSR count). The Balaban J connectivity index is 2.22. The lowest BCUT2D eigenvalue weighted by molar-refractivity contribution is -0.134. The van der Waals surface area contributed by atoms with Crippen molar-refractivity contribution >= 4 is 0 Å². The molecule has 1 fully saturated rings. The number of hydrogen-bond acceptors (Lipinski definition) is 3. The molecule has 0 spiro atoms. The summed E-state index contributed by atoms with van der Waals surface area (Å²) in [7, 11) is 0. The second-order valence-corrected chi connectivity index (χ2v) is 4.89. The summed E-state index contributed by atoms with van der Waals surface area (Å²) in [5, 5.41) is 3.61. The van der Waals surface area contributed by atoms with Crippen LogP contribution < -0.4 is 5.32 Å². The highest BCUT2D eigenvalue weighted by molar-refractivity contribution is 4.77. The van der Waals surface area contributed by atoms with Gasteiger partial charge in [0.15, 0.2) is 6.29 Å². The monoisotopic (exact) mass is 243 g/mol. The van der Waals surface area contributed by atoms with Gasteiger partial charge in [0.25, 0.3) is 0 Å². The van der Waals surface area contributed by atoms with Crippen molar-refractivity contribution in [1.82, 2.24) is 5.32 Å². The Morgan fingerprint density at radius 1 is 1.12 bits per heavy atom. The van der Waals surface area contributed by atoms with Crippen molar-refractivity contribution in [2.24, 2.45) is 5.92 Å². The maximum absolute atomic E-state index is 5.54. The second-order valence-electron chi connectivity index (χ2n) is 4.89. The van der Waals surface area contributed by atoms with Gasteiger partial charge >= 0.3 is 0 Å². The molecule has 0 aliphatic heterocycles. The Bertz CT molecular complexity index is 181. The largest absolute Gasteiger partial charge is 0.352 e. The van der Waals surface area contributed by atoms with E-state index in [1.165, 1.54) is 32.1 Å². The van der Waals surface area contributed by atoms with Gasteiger partial charge in [-0.05, 0) is 32.6 Å². The van der Waals surface area contributed by atoms with Crippen LogP contribution in [0.5, 0.6) is 0 Å². The average molecular weight is 243 g/mol. The fourth-order valence-electron chi connectivity index (χ4n) is 2.65. The molecule has 0 aromatic rings. The summed E-state index contributed by atoms with van der Waals surface area (Å²) in [6.07, 6.45) is 6.65. The van der Waals surface area contributed by atoms with Crippen molar-refractivity contribution in [3.05, 3.63) is 0 Å². The maximum Gasteiger partial charge on any atom is 0.169 e. The summed E-state index contributed by atoms with van der Waals surface area (Å²) in [4.78, 5) is 0. The normalized spacial score (nSPS) is 25.4. The molecule has 1 aliphatic rings. The van der Waals surface area contributed by atoms with Crippen LogP contribution in [-0.2, 0) is 9.47 Å². The first-order valence-electron chi connectivity index (χ1n) is 7.26. The van der Waals surface area contributed by atoms with Crippen LogP contribution in [0.4, 0.5) is 0 Å². The average Bonchev–Trinajstić information content (AvgIpc) is 2.37. The smallest absolute Gasteiger partial charge is 0.169 e. The Kier molecular flexibility index (Phi) is 7.82. The van der Waals surface area contributed by atoms with E-state index in [-0.39, 0.29) is 6.29 Å². The van der Waals surface area contributed by atoms with Crippen molar-refractivity contribution < 1.29 is 9.47 Å². The van der Waals surface area contributed by atoms with Gasteiger partial charge in [-0.2, -0.15) is 0 Å². The van der Waals surface area contributed by atoms with E-state index < -0.39 is 0 Å². The maximum atomic E-state index is 5.54. The minimum Gasteiger partial charge on any atom is -0.352 e. The van der Waals surface area contributed by atoms with Gasteiger partial charge in [0.2, 0.25) is 0 Å². The lowest BCUT2D eigenvalue weighted by Gasteiger charge is -2.30. The van der Waals surface area contributed by atoms with Crippen LogP contribution in [-0.4, -0.2) is 32.1 Å². The Hall–Kier alpha value is -0.120. The molecule has 1 aliphatic carbocycles. The quantitative estimate of drug-likeness (QED) is 0.665. The first-order chi connectivity index (χ1) is 8.30. The molecule has 1 N–H and O–H groups in total. The van der Waals surface area contributed by atoms with Crippen molar-refractivity contribution in [3.63, 3.8) is 0 Å². The highest BCUT2D eigenvalue weighted by atomic mass is 16.7. The van der Waals surface area contributed by atoms with Gasteiger partial charge in [0.1, 0.15) is 0 Å². The summed E-state index contributed by atoms with van der Waals surface area (Å²) >= 11 is 0. The van der Waals surface area contributed by atoms with E-state index in [9.17, 15) is 0 Å². The van der Waals surface area contributed by atoms with Crippen LogP contribution in [0.3, 0.4) is 0 Å². The van der Waals surface area contributed by atoms with Crippen molar-refractivity contribution in [2.75, 3.05) is 19.8 Å². The van der Waals surface area contributed by atoms with Crippen molar-refractivity contribution in [3.8, 4) is 0 Å².